The van der Waals surface area contributed by atoms with Crippen LogP contribution in [0.5, 0.6) is 5.75 Å². The number of phenols is 1. The Morgan fingerprint density at radius 2 is 2.13 bits per heavy atom. The topological polar surface area (TPSA) is 49.5 Å². The summed E-state index contributed by atoms with van der Waals surface area (Å²) in [5, 5.41) is 10.2. The Kier molecular flexibility index (Phi) is 3.90. The van der Waals surface area contributed by atoms with E-state index >= 15 is 0 Å². The largest absolute Gasteiger partial charge is 0.508 e. The first-order chi connectivity index (χ1) is 6.93. The van der Waals surface area contributed by atoms with Gasteiger partial charge >= 0.3 is 0 Å². The second-order valence-electron chi connectivity index (χ2n) is 3.47. The predicted octanol–water partition coefficient (Wildman–Crippen LogP) is 1.93. The Morgan fingerprint density at radius 1 is 1.53 bits per heavy atom. The first kappa shape index (κ1) is 12.2. The van der Waals surface area contributed by atoms with Crippen molar-refractivity contribution >= 4 is 28.8 Å². The maximum Gasteiger partial charge on any atom is 0.120 e. The molecule has 0 aliphatic carbocycles. The van der Waals surface area contributed by atoms with E-state index in [2.05, 4.69) is 0 Å². The minimum absolute atomic E-state index is 0.144. The van der Waals surface area contributed by atoms with Gasteiger partial charge in [0.25, 0.3) is 0 Å². The van der Waals surface area contributed by atoms with Crippen molar-refractivity contribution in [3.63, 3.8) is 0 Å². The maximum atomic E-state index is 9.70. The van der Waals surface area contributed by atoms with Gasteiger partial charge in [-0.1, -0.05) is 23.8 Å². The van der Waals surface area contributed by atoms with E-state index in [9.17, 15) is 5.11 Å². The molecule has 0 bridgehead atoms. The third-order valence-corrected chi connectivity index (χ3v) is 2.53. The Morgan fingerprint density at radius 3 is 2.60 bits per heavy atom. The van der Waals surface area contributed by atoms with E-state index < -0.39 is 0 Å². The first-order valence-electron chi connectivity index (χ1n) is 4.37. The second-order valence-corrected chi connectivity index (χ2v) is 4.38. The molecule has 0 heterocycles. The summed E-state index contributed by atoms with van der Waals surface area (Å²) in [6, 6.07) is 4.51. The van der Waals surface area contributed by atoms with E-state index in [1.807, 2.05) is 19.0 Å². The summed E-state index contributed by atoms with van der Waals surface area (Å²) in [5.41, 5.74) is 6.25. The molecule has 3 N–H and O–H groups in total. The van der Waals surface area contributed by atoms with Crippen molar-refractivity contribution in [1.82, 2.24) is 4.90 Å². The molecule has 15 heavy (non-hydrogen) atoms. The molecule has 1 atom stereocenters. The van der Waals surface area contributed by atoms with Crippen LogP contribution in [0, 0.1) is 0 Å². The number of aromatic hydroxyl groups is 1. The van der Waals surface area contributed by atoms with Gasteiger partial charge < -0.3 is 10.8 Å². The molecule has 0 aromatic heterocycles. The van der Waals surface area contributed by atoms with Gasteiger partial charge in [-0.25, -0.2) is 0 Å². The van der Waals surface area contributed by atoms with Crippen LogP contribution in [0.15, 0.2) is 18.2 Å². The zero-order chi connectivity index (χ0) is 11.6. The standard InChI is InChI=1S/C10H13ClN2OS/c1-13(2)9(10(12)15)7-5-6(11)3-4-8(7)14/h3-5,9,14H,1-2H3,(H2,12,15). The molecule has 1 unspecified atom stereocenters. The van der Waals surface area contributed by atoms with Gasteiger partial charge in [0.05, 0.1) is 11.0 Å². The van der Waals surface area contributed by atoms with Crippen molar-refractivity contribution in [2.45, 2.75) is 6.04 Å². The van der Waals surface area contributed by atoms with Crippen molar-refractivity contribution < 1.29 is 5.11 Å². The van der Waals surface area contributed by atoms with Crippen molar-refractivity contribution in [1.29, 1.82) is 0 Å². The Labute approximate surface area is 99.4 Å². The number of phenolic OH excluding ortho intramolecular Hbond substituents is 1. The van der Waals surface area contributed by atoms with E-state index in [0.717, 1.165) is 0 Å². The monoisotopic (exact) mass is 244 g/mol. The number of rotatable bonds is 3. The van der Waals surface area contributed by atoms with Crippen molar-refractivity contribution in [3.05, 3.63) is 28.8 Å². The average molecular weight is 245 g/mol. The fourth-order valence-electron chi connectivity index (χ4n) is 1.43. The number of hydrogen-bond donors (Lipinski definition) is 2. The van der Waals surface area contributed by atoms with Gasteiger partial charge in [-0.15, -0.1) is 0 Å². The highest BCUT2D eigenvalue weighted by atomic mass is 35.5. The molecule has 0 spiro atoms. The summed E-state index contributed by atoms with van der Waals surface area (Å²) in [6.07, 6.45) is 0. The molecule has 0 amide bonds. The van der Waals surface area contributed by atoms with Gasteiger partial charge in [-0.3, -0.25) is 4.90 Å². The summed E-state index contributed by atoms with van der Waals surface area (Å²) in [5.74, 6) is 0.144. The average Bonchev–Trinajstić information content (AvgIpc) is 2.10. The number of benzene rings is 1. The molecule has 5 heteroatoms. The summed E-state index contributed by atoms with van der Waals surface area (Å²) < 4.78 is 0. The minimum atomic E-state index is -0.307. The number of nitrogens with two attached hydrogens (primary N) is 1. The lowest BCUT2D eigenvalue weighted by Gasteiger charge is -2.24. The molecule has 0 saturated carbocycles. The van der Waals surface area contributed by atoms with E-state index in [1.165, 1.54) is 6.07 Å². The van der Waals surface area contributed by atoms with Gasteiger partial charge in [0.1, 0.15) is 5.75 Å². The molecule has 3 nitrogen and oxygen atoms in total. The summed E-state index contributed by atoms with van der Waals surface area (Å²) in [7, 11) is 3.67. The Hall–Kier alpha value is -0.840. The van der Waals surface area contributed by atoms with Crippen LogP contribution >= 0.6 is 23.8 Å². The number of nitrogens with zero attached hydrogens (tertiary/aromatic N) is 1. The molecule has 0 aliphatic rings. The third-order valence-electron chi connectivity index (χ3n) is 2.07. The van der Waals surface area contributed by atoms with Crippen molar-refractivity contribution in [2.24, 2.45) is 5.73 Å². The van der Waals surface area contributed by atoms with Crippen LogP contribution in [-0.4, -0.2) is 29.1 Å². The Bertz CT molecular complexity index is 382. The van der Waals surface area contributed by atoms with Gasteiger partial charge in [0.2, 0.25) is 0 Å². The van der Waals surface area contributed by atoms with Gasteiger partial charge in [-0.2, -0.15) is 0 Å². The third kappa shape index (κ3) is 2.81. The second kappa shape index (κ2) is 4.79. The van der Waals surface area contributed by atoms with Crippen LogP contribution in [-0.2, 0) is 0 Å². The van der Waals surface area contributed by atoms with Crippen LogP contribution in [0.4, 0.5) is 0 Å². The molecule has 0 aliphatic heterocycles. The van der Waals surface area contributed by atoms with Crippen LogP contribution in [0.3, 0.4) is 0 Å². The zero-order valence-corrected chi connectivity index (χ0v) is 10.1. The molecule has 0 saturated heterocycles. The van der Waals surface area contributed by atoms with Crippen LogP contribution in [0.1, 0.15) is 11.6 Å². The van der Waals surface area contributed by atoms with Gasteiger partial charge in [0.15, 0.2) is 0 Å². The van der Waals surface area contributed by atoms with Gasteiger partial charge in [-0.05, 0) is 32.3 Å². The highest BCUT2D eigenvalue weighted by molar-refractivity contribution is 7.80. The van der Waals surface area contributed by atoms with Crippen molar-refractivity contribution in [2.75, 3.05) is 14.1 Å². The molecule has 0 fully saturated rings. The van der Waals surface area contributed by atoms with Crippen LogP contribution in [0.25, 0.3) is 0 Å². The van der Waals surface area contributed by atoms with Crippen molar-refractivity contribution in [3.8, 4) is 5.75 Å². The fraction of sp³-hybridized carbons (Fsp3) is 0.300. The predicted molar refractivity (Wildman–Crippen MR) is 66.3 cm³/mol. The molecular weight excluding hydrogens is 232 g/mol. The quantitative estimate of drug-likeness (QED) is 0.798. The lowest BCUT2D eigenvalue weighted by Crippen LogP contribution is -2.31. The molecule has 1 aromatic carbocycles. The highest BCUT2D eigenvalue weighted by Crippen LogP contribution is 2.30. The Balaban J connectivity index is 3.22. The smallest absolute Gasteiger partial charge is 0.120 e. The highest BCUT2D eigenvalue weighted by Gasteiger charge is 2.20. The van der Waals surface area contributed by atoms with E-state index in [4.69, 9.17) is 29.6 Å². The van der Waals surface area contributed by atoms with Gasteiger partial charge in [0, 0.05) is 10.6 Å². The van der Waals surface area contributed by atoms with E-state index in [1.54, 1.807) is 12.1 Å². The van der Waals surface area contributed by atoms with E-state index in [0.29, 0.717) is 15.6 Å². The minimum Gasteiger partial charge on any atom is -0.508 e. The summed E-state index contributed by atoms with van der Waals surface area (Å²) in [4.78, 5) is 2.13. The zero-order valence-electron chi connectivity index (χ0n) is 8.57. The number of halogens is 1. The molecule has 0 radical (unpaired) electrons. The lowest BCUT2D eigenvalue weighted by atomic mass is 10.1. The lowest BCUT2D eigenvalue weighted by molar-refractivity contribution is 0.358. The number of likely N-dealkylation sites (N-methyl/N-ethyl adjacent to an activating group) is 1. The SMILES string of the molecule is CN(C)C(C(N)=S)c1cc(Cl)ccc1O. The van der Waals surface area contributed by atoms with Crippen LogP contribution < -0.4 is 5.73 Å². The number of hydrogen-bond acceptors (Lipinski definition) is 3. The van der Waals surface area contributed by atoms with Crippen LogP contribution in [0.2, 0.25) is 5.02 Å². The molecule has 82 valence electrons. The maximum absolute atomic E-state index is 9.70. The number of thiocarbonyl (C=S) groups is 1. The first-order valence-corrected chi connectivity index (χ1v) is 5.16. The molecule has 1 rings (SSSR count). The fourth-order valence-corrected chi connectivity index (χ4v) is 1.95. The van der Waals surface area contributed by atoms with E-state index in [-0.39, 0.29) is 11.8 Å². The molecular formula is C10H13ClN2OS. The summed E-state index contributed by atoms with van der Waals surface area (Å²) in [6.45, 7) is 0. The summed E-state index contributed by atoms with van der Waals surface area (Å²) >= 11 is 10.8. The molecule has 1 aromatic rings. The normalized spacial score (nSPS) is 12.8.